The topological polar surface area (TPSA) is 68.0 Å². The molecule has 1 aliphatic carbocycles. The third-order valence-corrected chi connectivity index (χ3v) is 4.88. The number of carbonyl (C=O) groups is 1. The smallest absolute Gasteiger partial charge is 0.248 e. The van der Waals surface area contributed by atoms with E-state index in [0.29, 0.717) is 11.6 Å². The van der Waals surface area contributed by atoms with Gasteiger partial charge in [0.25, 0.3) is 0 Å². The minimum atomic E-state index is -0.417. The zero-order chi connectivity index (χ0) is 16.9. The first-order valence-corrected chi connectivity index (χ1v) is 8.70. The third-order valence-electron chi connectivity index (χ3n) is 4.88. The Balaban J connectivity index is 1.61. The lowest BCUT2D eigenvalue weighted by Crippen LogP contribution is -2.32. The van der Waals surface area contributed by atoms with Crippen LogP contribution in [0.25, 0.3) is 11.3 Å². The fourth-order valence-corrected chi connectivity index (χ4v) is 3.26. The van der Waals surface area contributed by atoms with Gasteiger partial charge in [-0.1, -0.05) is 25.1 Å². The van der Waals surface area contributed by atoms with Crippen molar-refractivity contribution in [2.24, 2.45) is 11.7 Å². The molecule has 0 spiro atoms. The molecule has 1 amide bonds. The minimum absolute atomic E-state index is 0.417. The van der Waals surface area contributed by atoms with Crippen LogP contribution in [-0.2, 0) is 6.54 Å². The summed E-state index contributed by atoms with van der Waals surface area (Å²) in [5.41, 5.74) is 8.79. The molecular weight excluding hydrogens is 298 g/mol. The highest BCUT2D eigenvalue weighted by molar-refractivity contribution is 5.93. The normalized spacial score (nSPS) is 20.7. The van der Waals surface area contributed by atoms with Gasteiger partial charge in [0.05, 0.1) is 5.69 Å². The van der Waals surface area contributed by atoms with E-state index >= 15 is 0 Å². The molecule has 1 aromatic heterocycles. The van der Waals surface area contributed by atoms with Crippen LogP contribution in [0.15, 0.2) is 42.6 Å². The molecule has 1 heterocycles. The molecule has 1 saturated carbocycles. The van der Waals surface area contributed by atoms with Crippen LogP contribution in [0.2, 0.25) is 0 Å². The lowest BCUT2D eigenvalue weighted by atomic mass is 9.87. The average molecular weight is 323 g/mol. The summed E-state index contributed by atoms with van der Waals surface area (Å²) in [5, 5.41) is 3.64. The molecule has 0 unspecified atom stereocenters. The Bertz CT molecular complexity index is 688. The molecule has 3 rings (SSSR count). The van der Waals surface area contributed by atoms with Crippen molar-refractivity contribution in [2.75, 3.05) is 0 Å². The van der Waals surface area contributed by atoms with E-state index in [4.69, 9.17) is 5.73 Å². The van der Waals surface area contributed by atoms with Crippen LogP contribution in [0.3, 0.4) is 0 Å². The van der Waals surface area contributed by atoms with Gasteiger partial charge < -0.3 is 11.1 Å². The number of benzene rings is 1. The maximum atomic E-state index is 11.3. The average Bonchev–Trinajstić information content (AvgIpc) is 2.62. The van der Waals surface area contributed by atoms with Crippen molar-refractivity contribution in [3.05, 3.63) is 53.7 Å². The van der Waals surface area contributed by atoms with Crippen molar-refractivity contribution in [3.8, 4) is 11.3 Å². The number of carbonyl (C=O) groups excluding carboxylic acids is 1. The van der Waals surface area contributed by atoms with Crippen LogP contribution in [0, 0.1) is 5.92 Å². The number of aromatic nitrogens is 1. The number of rotatable bonds is 5. The summed E-state index contributed by atoms with van der Waals surface area (Å²) in [7, 11) is 0. The van der Waals surface area contributed by atoms with Crippen LogP contribution in [-0.4, -0.2) is 16.9 Å². The second-order valence-electron chi connectivity index (χ2n) is 6.83. The molecule has 0 radical (unpaired) electrons. The van der Waals surface area contributed by atoms with E-state index in [1.54, 1.807) is 12.1 Å². The summed E-state index contributed by atoms with van der Waals surface area (Å²) in [6.45, 7) is 3.19. The summed E-state index contributed by atoms with van der Waals surface area (Å²) >= 11 is 0. The highest BCUT2D eigenvalue weighted by atomic mass is 16.1. The van der Waals surface area contributed by atoms with E-state index in [1.807, 2.05) is 24.4 Å². The van der Waals surface area contributed by atoms with Crippen LogP contribution in [0.4, 0.5) is 0 Å². The number of amides is 1. The van der Waals surface area contributed by atoms with E-state index in [2.05, 4.69) is 23.3 Å². The van der Waals surface area contributed by atoms with Crippen LogP contribution in [0.1, 0.15) is 48.5 Å². The first-order valence-electron chi connectivity index (χ1n) is 8.70. The van der Waals surface area contributed by atoms with Crippen molar-refractivity contribution in [1.29, 1.82) is 0 Å². The standard InChI is InChI=1S/C20H25N3O/c1-14-5-8-18(9-6-14)22-12-15-7-10-19(23-13-15)16-3-2-4-17(11-16)20(21)24/h2-4,7,10-11,13-14,18,22H,5-6,8-9,12H2,1H3,(H2,21,24). The molecular formula is C20H25N3O. The highest BCUT2D eigenvalue weighted by Gasteiger charge is 2.17. The number of nitrogens with one attached hydrogen (secondary N) is 1. The molecule has 2 aromatic rings. The Kier molecular flexibility index (Phi) is 5.26. The van der Waals surface area contributed by atoms with E-state index in [0.717, 1.165) is 23.7 Å². The molecule has 0 atom stereocenters. The summed E-state index contributed by atoms with van der Waals surface area (Å²) in [5.74, 6) is 0.458. The van der Waals surface area contributed by atoms with Gasteiger partial charge in [0.1, 0.15) is 0 Å². The van der Waals surface area contributed by atoms with Gasteiger partial charge in [0.2, 0.25) is 5.91 Å². The molecule has 4 heteroatoms. The fourth-order valence-electron chi connectivity index (χ4n) is 3.26. The number of pyridine rings is 1. The monoisotopic (exact) mass is 323 g/mol. The summed E-state index contributed by atoms with van der Waals surface area (Å²) in [6.07, 6.45) is 7.10. The molecule has 3 N–H and O–H groups in total. The zero-order valence-corrected chi connectivity index (χ0v) is 14.2. The largest absolute Gasteiger partial charge is 0.366 e. The predicted molar refractivity (Wildman–Crippen MR) is 96.5 cm³/mol. The van der Waals surface area contributed by atoms with E-state index in [1.165, 1.54) is 31.2 Å². The van der Waals surface area contributed by atoms with Crippen LogP contribution < -0.4 is 11.1 Å². The summed E-state index contributed by atoms with van der Waals surface area (Å²) in [6, 6.07) is 12.0. The number of hydrogen-bond donors (Lipinski definition) is 2. The summed E-state index contributed by atoms with van der Waals surface area (Å²) in [4.78, 5) is 15.8. The Morgan fingerprint density at radius 3 is 2.67 bits per heavy atom. The van der Waals surface area contributed by atoms with Gasteiger partial charge in [-0.05, 0) is 55.4 Å². The third kappa shape index (κ3) is 4.20. The molecule has 0 saturated heterocycles. The number of primary amides is 1. The van der Waals surface area contributed by atoms with Crippen LogP contribution >= 0.6 is 0 Å². The van der Waals surface area contributed by atoms with Gasteiger partial charge in [0, 0.05) is 29.9 Å². The van der Waals surface area contributed by atoms with Gasteiger partial charge >= 0.3 is 0 Å². The highest BCUT2D eigenvalue weighted by Crippen LogP contribution is 2.24. The molecule has 4 nitrogen and oxygen atoms in total. The summed E-state index contributed by atoms with van der Waals surface area (Å²) < 4.78 is 0. The number of nitrogens with zero attached hydrogens (tertiary/aromatic N) is 1. The molecule has 1 aliphatic rings. The first kappa shape index (κ1) is 16.7. The van der Waals surface area contributed by atoms with Crippen molar-refractivity contribution < 1.29 is 4.79 Å². The molecule has 0 bridgehead atoms. The lowest BCUT2D eigenvalue weighted by molar-refractivity contribution is 0.100. The Morgan fingerprint density at radius 1 is 1.21 bits per heavy atom. The maximum absolute atomic E-state index is 11.3. The van der Waals surface area contributed by atoms with E-state index < -0.39 is 5.91 Å². The maximum Gasteiger partial charge on any atom is 0.248 e. The van der Waals surface area contributed by atoms with Gasteiger partial charge in [0.15, 0.2) is 0 Å². The second kappa shape index (κ2) is 7.58. The van der Waals surface area contributed by atoms with Gasteiger partial charge in [-0.2, -0.15) is 0 Å². The van der Waals surface area contributed by atoms with E-state index in [-0.39, 0.29) is 0 Å². The molecule has 24 heavy (non-hydrogen) atoms. The predicted octanol–water partition coefficient (Wildman–Crippen LogP) is 3.52. The van der Waals surface area contributed by atoms with Gasteiger partial charge in [-0.15, -0.1) is 0 Å². The number of nitrogens with two attached hydrogens (primary N) is 1. The molecule has 0 aliphatic heterocycles. The van der Waals surface area contributed by atoms with Crippen molar-refractivity contribution >= 4 is 5.91 Å². The second-order valence-corrected chi connectivity index (χ2v) is 6.83. The quantitative estimate of drug-likeness (QED) is 0.884. The molecule has 1 fully saturated rings. The Hall–Kier alpha value is -2.20. The molecule has 126 valence electrons. The SMILES string of the molecule is CC1CCC(NCc2ccc(-c3cccc(C(N)=O)c3)nc2)CC1. The Labute approximate surface area is 143 Å². The van der Waals surface area contributed by atoms with Crippen molar-refractivity contribution in [2.45, 2.75) is 45.2 Å². The number of hydrogen-bond acceptors (Lipinski definition) is 3. The van der Waals surface area contributed by atoms with Crippen molar-refractivity contribution in [3.63, 3.8) is 0 Å². The van der Waals surface area contributed by atoms with E-state index in [9.17, 15) is 4.79 Å². The minimum Gasteiger partial charge on any atom is -0.366 e. The lowest BCUT2D eigenvalue weighted by Gasteiger charge is -2.27. The van der Waals surface area contributed by atoms with Crippen molar-refractivity contribution in [1.82, 2.24) is 10.3 Å². The van der Waals surface area contributed by atoms with Gasteiger partial charge in [-0.25, -0.2) is 0 Å². The van der Waals surface area contributed by atoms with Gasteiger partial charge in [-0.3, -0.25) is 9.78 Å². The zero-order valence-electron chi connectivity index (χ0n) is 14.2. The molecule has 1 aromatic carbocycles. The Morgan fingerprint density at radius 2 is 2.00 bits per heavy atom. The first-order chi connectivity index (χ1) is 11.6. The fraction of sp³-hybridized carbons (Fsp3) is 0.400. The van der Waals surface area contributed by atoms with Crippen LogP contribution in [0.5, 0.6) is 0 Å².